The van der Waals surface area contributed by atoms with Crippen LogP contribution in [0.4, 0.5) is 5.69 Å². The molecule has 0 fully saturated rings. The van der Waals surface area contributed by atoms with Crippen LogP contribution in [0.5, 0.6) is 11.6 Å². The summed E-state index contributed by atoms with van der Waals surface area (Å²) in [5.41, 5.74) is 0.651. The summed E-state index contributed by atoms with van der Waals surface area (Å²) in [6.07, 6.45) is 1.03. The molecule has 0 aliphatic carbocycles. The van der Waals surface area contributed by atoms with Crippen LogP contribution in [0, 0.1) is 10.1 Å². The Kier molecular flexibility index (Phi) is 4.09. The Bertz CT molecular complexity index is 683. The summed E-state index contributed by atoms with van der Waals surface area (Å²) < 4.78 is 5.51. The zero-order valence-corrected chi connectivity index (χ0v) is 12.6. The van der Waals surface area contributed by atoms with Crippen LogP contribution in [-0.4, -0.2) is 14.9 Å². The molecule has 0 atom stereocenters. The minimum atomic E-state index is -0.612. The minimum absolute atomic E-state index is 0.0609. The first kappa shape index (κ1) is 15.2. The number of rotatable bonds is 3. The second kappa shape index (κ2) is 5.65. The molecule has 0 spiro atoms. The number of benzene rings is 1. The largest absolute Gasteiger partial charge is 0.434 e. The fourth-order valence-electron chi connectivity index (χ4n) is 1.68. The molecule has 21 heavy (non-hydrogen) atoms. The van der Waals surface area contributed by atoms with Crippen molar-refractivity contribution in [2.45, 2.75) is 26.2 Å². The van der Waals surface area contributed by atoms with Crippen LogP contribution in [0.25, 0.3) is 0 Å². The first-order chi connectivity index (χ1) is 9.77. The van der Waals surface area contributed by atoms with Gasteiger partial charge in [0.15, 0.2) is 0 Å². The maximum atomic E-state index is 11.0. The van der Waals surface area contributed by atoms with E-state index in [0.717, 1.165) is 11.8 Å². The quantitative estimate of drug-likeness (QED) is 0.484. The van der Waals surface area contributed by atoms with Crippen molar-refractivity contribution in [2.24, 2.45) is 0 Å². The standard InChI is InChI=1S/C14H14ClN3O3/c1-14(2,3)9-5-4-6-10(7-9)21-12-11(18(19)20)8-16-13(15)17-12/h4-8H,1-3H3. The van der Waals surface area contributed by atoms with Crippen molar-refractivity contribution < 1.29 is 9.66 Å². The lowest BCUT2D eigenvalue weighted by molar-refractivity contribution is -0.386. The van der Waals surface area contributed by atoms with Crippen LogP contribution < -0.4 is 4.74 Å². The lowest BCUT2D eigenvalue weighted by Crippen LogP contribution is -2.10. The van der Waals surface area contributed by atoms with E-state index in [1.54, 1.807) is 6.07 Å². The molecule has 7 heteroatoms. The van der Waals surface area contributed by atoms with Crippen LogP contribution in [0.2, 0.25) is 5.28 Å². The zero-order valence-electron chi connectivity index (χ0n) is 11.8. The number of nitrogens with zero attached hydrogens (tertiary/aromatic N) is 3. The Hall–Kier alpha value is -2.21. The van der Waals surface area contributed by atoms with Crippen molar-refractivity contribution in [2.75, 3.05) is 0 Å². The van der Waals surface area contributed by atoms with E-state index in [-0.39, 0.29) is 22.3 Å². The van der Waals surface area contributed by atoms with Gasteiger partial charge in [0.05, 0.1) is 4.92 Å². The van der Waals surface area contributed by atoms with E-state index in [1.807, 2.05) is 18.2 Å². The van der Waals surface area contributed by atoms with Crippen molar-refractivity contribution >= 4 is 17.3 Å². The Labute approximate surface area is 126 Å². The van der Waals surface area contributed by atoms with E-state index in [0.29, 0.717) is 5.75 Å². The highest BCUT2D eigenvalue weighted by molar-refractivity contribution is 6.28. The number of nitro groups is 1. The highest BCUT2D eigenvalue weighted by Crippen LogP contribution is 2.32. The lowest BCUT2D eigenvalue weighted by atomic mass is 9.87. The van der Waals surface area contributed by atoms with Gasteiger partial charge in [0.2, 0.25) is 5.28 Å². The molecule has 0 N–H and O–H groups in total. The molecule has 1 aromatic heterocycles. The summed E-state index contributed by atoms with van der Waals surface area (Å²) in [7, 11) is 0. The van der Waals surface area contributed by atoms with E-state index in [4.69, 9.17) is 16.3 Å². The molecule has 0 radical (unpaired) electrons. The summed E-state index contributed by atoms with van der Waals surface area (Å²) in [6, 6.07) is 7.31. The number of ether oxygens (including phenoxy) is 1. The number of aromatic nitrogens is 2. The molecular formula is C14H14ClN3O3. The lowest BCUT2D eigenvalue weighted by Gasteiger charge is -2.19. The van der Waals surface area contributed by atoms with Gasteiger partial charge in [-0.3, -0.25) is 10.1 Å². The first-order valence-corrected chi connectivity index (χ1v) is 6.60. The van der Waals surface area contributed by atoms with Gasteiger partial charge in [0, 0.05) is 0 Å². The zero-order chi connectivity index (χ0) is 15.6. The van der Waals surface area contributed by atoms with Crippen LogP contribution >= 0.6 is 11.6 Å². The molecule has 1 heterocycles. The molecule has 0 saturated heterocycles. The molecular weight excluding hydrogens is 294 g/mol. The van der Waals surface area contributed by atoms with Gasteiger partial charge in [-0.25, -0.2) is 4.98 Å². The molecule has 1 aromatic carbocycles. The molecule has 2 aromatic rings. The average molecular weight is 308 g/mol. The van der Waals surface area contributed by atoms with Crippen LogP contribution in [0.15, 0.2) is 30.5 Å². The molecule has 0 amide bonds. The third kappa shape index (κ3) is 3.66. The third-order valence-electron chi connectivity index (χ3n) is 2.82. The van der Waals surface area contributed by atoms with Crippen molar-refractivity contribution in [1.82, 2.24) is 9.97 Å². The monoisotopic (exact) mass is 307 g/mol. The second-order valence-corrected chi connectivity index (χ2v) is 5.80. The van der Waals surface area contributed by atoms with Gasteiger partial charge in [-0.2, -0.15) is 4.98 Å². The number of hydrogen-bond acceptors (Lipinski definition) is 5. The van der Waals surface area contributed by atoms with Gasteiger partial charge >= 0.3 is 11.6 Å². The summed E-state index contributed by atoms with van der Waals surface area (Å²) in [5.74, 6) is 0.284. The molecule has 6 nitrogen and oxygen atoms in total. The Morgan fingerprint density at radius 1 is 1.33 bits per heavy atom. The normalized spacial score (nSPS) is 11.2. The van der Waals surface area contributed by atoms with E-state index < -0.39 is 4.92 Å². The third-order valence-corrected chi connectivity index (χ3v) is 3.00. The molecule has 0 unspecified atom stereocenters. The van der Waals surface area contributed by atoms with E-state index in [9.17, 15) is 10.1 Å². The highest BCUT2D eigenvalue weighted by Gasteiger charge is 2.20. The van der Waals surface area contributed by atoms with Crippen molar-refractivity contribution in [3.63, 3.8) is 0 Å². The van der Waals surface area contributed by atoms with Gasteiger partial charge in [0.1, 0.15) is 11.9 Å². The van der Waals surface area contributed by atoms with Crippen LogP contribution in [-0.2, 0) is 5.41 Å². The molecule has 0 aliphatic heterocycles. The van der Waals surface area contributed by atoms with Crippen molar-refractivity contribution in [3.8, 4) is 11.6 Å². The van der Waals surface area contributed by atoms with Gasteiger partial charge in [0.25, 0.3) is 0 Å². The first-order valence-electron chi connectivity index (χ1n) is 6.23. The Morgan fingerprint density at radius 3 is 2.67 bits per heavy atom. The second-order valence-electron chi connectivity index (χ2n) is 5.47. The summed E-state index contributed by atoms with van der Waals surface area (Å²) in [5, 5.41) is 10.8. The van der Waals surface area contributed by atoms with Gasteiger partial charge < -0.3 is 4.74 Å². The fourth-order valence-corrected chi connectivity index (χ4v) is 1.80. The minimum Gasteiger partial charge on any atom is -0.434 e. The Morgan fingerprint density at radius 2 is 2.05 bits per heavy atom. The maximum absolute atomic E-state index is 11.0. The van der Waals surface area contributed by atoms with E-state index >= 15 is 0 Å². The highest BCUT2D eigenvalue weighted by atomic mass is 35.5. The van der Waals surface area contributed by atoms with Gasteiger partial charge in [-0.1, -0.05) is 32.9 Å². The summed E-state index contributed by atoms with van der Waals surface area (Å²) in [4.78, 5) is 17.7. The maximum Gasteiger partial charge on any atom is 0.349 e. The summed E-state index contributed by atoms with van der Waals surface area (Å²) >= 11 is 5.67. The number of halogens is 1. The predicted octanol–water partition coefficient (Wildman–Crippen LogP) is 4.13. The van der Waals surface area contributed by atoms with E-state index in [1.165, 1.54) is 0 Å². The van der Waals surface area contributed by atoms with Gasteiger partial charge in [-0.15, -0.1) is 0 Å². The Balaban J connectivity index is 2.39. The topological polar surface area (TPSA) is 78.2 Å². The van der Waals surface area contributed by atoms with E-state index in [2.05, 4.69) is 30.7 Å². The molecule has 0 bridgehead atoms. The van der Waals surface area contributed by atoms with Crippen LogP contribution in [0.3, 0.4) is 0 Å². The molecule has 0 saturated carbocycles. The molecule has 0 aliphatic rings. The van der Waals surface area contributed by atoms with Gasteiger partial charge in [-0.05, 0) is 34.7 Å². The summed E-state index contributed by atoms with van der Waals surface area (Å²) in [6.45, 7) is 6.20. The fraction of sp³-hybridized carbons (Fsp3) is 0.286. The molecule has 110 valence electrons. The van der Waals surface area contributed by atoms with Crippen molar-refractivity contribution in [1.29, 1.82) is 0 Å². The van der Waals surface area contributed by atoms with Crippen molar-refractivity contribution in [3.05, 3.63) is 51.4 Å². The smallest absolute Gasteiger partial charge is 0.349 e. The molecule has 2 rings (SSSR count). The number of hydrogen-bond donors (Lipinski definition) is 0. The van der Waals surface area contributed by atoms with Crippen LogP contribution in [0.1, 0.15) is 26.3 Å². The average Bonchev–Trinajstić information content (AvgIpc) is 2.37. The predicted molar refractivity (Wildman–Crippen MR) is 78.9 cm³/mol. The SMILES string of the molecule is CC(C)(C)c1cccc(Oc2nc(Cl)ncc2[N+](=O)[O-])c1.